The van der Waals surface area contributed by atoms with Gasteiger partial charge in [-0.1, -0.05) is 121 Å². The smallest absolute Gasteiger partial charge is 0.425 e. The highest BCUT2D eigenvalue weighted by Gasteiger charge is 2.42. The molecule has 0 fully saturated rings. The van der Waals surface area contributed by atoms with Gasteiger partial charge in [-0.25, -0.2) is 9.18 Å². The summed E-state index contributed by atoms with van der Waals surface area (Å²) in [6, 6.07) is 18.8. The monoisotopic (exact) mass is 614 g/mol. The highest BCUT2D eigenvalue weighted by molar-refractivity contribution is 5.90. The van der Waals surface area contributed by atoms with Crippen molar-refractivity contribution in [1.29, 1.82) is 0 Å². The number of benzene rings is 3. The number of ether oxygens (including phenoxy) is 2. The summed E-state index contributed by atoms with van der Waals surface area (Å²) >= 11 is 0. The van der Waals surface area contributed by atoms with Crippen molar-refractivity contribution in [3.05, 3.63) is 78.1 Å². The molecule has 44 heavy (non-hydrogen) atoms. The molecule has 240 valence electrons. The normalized spacial score (nSPS) is 12.2. The van der Waals surface area contributed by atoms with Gasteiger partial charge < -0.3 is 9.47 Å². The Balaban J connectivity index is 1.52. The van der Waals surface area contributed by atoms with Crippen molar-refractivity contribution in [3.63, 3.8) is 0 Å². The van der Waals surface area contributed by atoms with Crippen LogP contribution in [0, 0.1) is 5.82 Å². The first-order valence-corrected chi connectivity index (χ1v) is 16.1. The number of rotatable bonds is 19. The third kappa shape index (κ3) is 11.6. The zero-order chi connectivity index (χ0) is 31.8. The van der Waals surface area contributed by atoms with E-state index in [0.29, 0.717) is 19.4 Å². The summed E-state index contributed by atoms with van der Waals surface area (Å²) in [7, 11) is 0. The third-order valence-corrected chi connectivity index (χ3v) is 7.79. The maximum Gasteiger partial charge on any atom is 0.425 e. The van der Waals surface area contributed by atoms with Gasteiger partial charge in [-0.05, 0) is 65.8 Å². The Morgan fingerprint density at radius 3 is 1.68 bits per heavy atom. The number of unbranched alkanes of at least 4 members (excludes halogenated alkanes) is 10. The summed E-state index contributed by atoms with van der Waals surface area (Å²) in [6.45, 7) is 4.69. The van der Waals surface area contributed by atoms with Gasteiger partial charge >= 0.3 is 12.1 Å². The minimum absolute atomic E-state index is 0.0633. The van der Waals surface area contributed by atoms with Crippen molar-refractivity contribution in [1.82, 2.24) is 0 Å². The molecule has 1 atom stereocenters. The van der Waals surface area contributed by atoms with E-state index in [1.807, 2.05) is 37.3 Å². The largest absolute Gasteiger partial charge is 0.491 e. The molecule has 0 aliphatic rings. The predicted octanol–water partition coefficient (Wildman–Crippen LogP) is 11.7. The Bertz CT molecular complexity index is 1250. The van der Waals surface area contributed by atoms with Gasteiger partial charge in [0.15, 0.2) is 17.7 Å². The molecule has 0 N–H and O–H groups in total. The first-order chi connectivity index (χ1) is 21.2. The van der Waals surface area contributed by atoms with E-state index >= 15 is 0 Å². The van der Waals surface area contributed by atoms with Gasteiger partial charge in [0.05, 0.1) is 12.2 Å². The zero-order valence-corrected chi connectivity index (χ0v) is 26.1. The number of hydrogen-bond acceptors (Lipinski definition) is 3. The van der Waals surface area contributed by atoms with Crippen LogP contribution in [0.15, 0.2) is 66.7 Å². The Kier molecular flexibility index (Phi) is 14.7. The molecule has 0 bridgehead atoms. The Hall–Kier alpha value is -3.35. The second-order valence-corrected chi connectivity index (χ2v) is 11.4. The maximum atomic E-state index is 14.7. The molecule has 7 heteroatoms. The van der Waals surface area contributed by atoms with E-state index in [-0.39, 0.29) is 17.7 Å². The fourth-order valence-electron chi connectivity index (χ4n) is 5.11. The molecule has 1 unspecified atom stereocenters. The van der Waals surface area contributed by atoms with Crippen LogP contribution in [-0.2, 0) is 4.74 Å². The third-order valence-electron chi connectivity index (χ3n) is 7.79. The maximum absolute atomic E-state index is 14.7. The quantitative estimate of drug-likeness (QED) is 0.0765. The SMILES string of the molecule is CCCCCCCCCCOc1ccc(-c2ccc(-c3ccc(C(=O)OC(CCCCCC)C(F)(F)F)cc3)cc2)cc1F. The summed E-state index contributed by atoms with van der Waals surface area (Å²) in [5, 5.41) is 0. The van der Waals surface area contributed by atoms with E-state index < -0.39 is 24.1 Å². The molecular formula is C37H46F4O3. The van der Waals surface area contributed by atoms with Crippen LogP contribution in [-0.4, -0.2) is 24.9 Å². The van der Waals surface area contributed by atoms with Crippen LogP contribution in [0.2, 0.25) is 0 Å². The first kappa shape index (κ1) is 35.1. The molecule has 0 heterocycles. The predicted molar refractivity (Wildman–Crippen MR) is 169 cm³/mol. The fourth-order valence-corrected chi connectivity index (χ4v) is 5.11. The summed E-state index contributed by atoms with van der Waals surface area (Å²) < 4.78 is 65.5. The standard InChI is InChI=1S/C37H46F4O3/c1-3-5-7-9-10-11-12-14-26-43-34-25-24-32(27-33(34)38)30-18-16-28(17-19-30)29-20-22-31(23-21-29)36(42)44-35(37(39,40)41)15-13-8-6-4-2/h16-25,27,35H,3-15,26H2,1-2H3. The van der Waals surface area contributed by atoms with Crippen molar-refractivity contribution >= 4 is 5.97 Å². The molecule has 0 aliphatic heterocycles. The van der Waals surface area contributed by atoms with Crippen LogP contribution < -0.4 is 4.74 Å². The lowest BCUT2D eigenvalue weighted by Crippen LogP contribution is -2.33. The van der Waals surface area contributed by atoms with Gasteiger partial charge in [0.2, 0.25) is 0 Å². The number of carbonyl (C=O) groups is 1. The molecule has 3 rings (SSSR count). The lowest BCUT2D eigenvalue weighted by atomic mass is 9.99. The molecule has 3 aromatic rings. The van der Waals surface area contributed by atoms with E-state index in [1.165, 1.54) is 56.7 Å². The van der Waals surface area contributed by atoms with Crippen molar-refractivity contribution in [2.45, 2.75) is 110 Å². The van der Waals surface area contributed by atoms with Gasteiger partial charge in [0.1, 0.15) is 0 Å². The van der Waals surface area contributed by atoms with Crippen molar-refractivity contribution in [2.24, 2.45) is 0 Å². The summed E-state index contributed by atoms with van der Waals surface area (Å²) in [4.78, 5) is 12.5. The topological polar surface area (TPSA) is 35.5 Å². The average Bonchev–Trinajstić information content (AvgIpc) is 3.02. The van der Waals surface area contributed by atoms with Crippen LogP contribution in [0.4, 0.5) is 17.6 Å². The van der Waals surface area contributed by atoms with Gasteiger partial charge in [0, 0.05) is 0 Å². The number of carbonyl (C=O) groups excluding carboxylic acids is 1. The zero-order valence-electron chi connectivity index (χ0n) is 26.1. The number of hydrogen-bond donors (Lipinski definition) is 0. The molecule has 3 nitrogen and oxygen atoms in total. The minimum Gasteiger partial charge on any atom is -0.491 e. The number of halogens is 4. The van der Waals surface area contributed by atoms with Gasteiger partial charge in [-0.15, -0.1) is 0 Å². The second-order valence-electron chi connectivity index (χ2n) is 11.4. The molecule has 0 saturated heterocycles. The van der Waals surface area contributed by atoms with Crippen molar-refractivity contribution < 1.29 is 31.8 Å². The van der Waals surface area contributed by atoms with Crippen LogP contribution in [0.1, 0.15) is 108 Å². The summed E-state index contributed by atoms with van der Waals surface area (Å²) in [5.74, 6) is -1.13. The Morgan fingerprint density at radius 1 is 0.659 bits per heavy atom. The lowest BCUT2D eigenvalue weighted by Gasteiger charge is -2.20. The molecule has 0 aromatic heterocycles. The number of alkyl halides is 3. The van der Waals surface area contributed by atoms with Gasteiger partial charge in [-0.3, -0.25) is 0 Å². The molecular weight excluding hydrogens is 568 g/mol. The van der Waals surface area contributed by atoms with Crippen LogP contribution >= 0.6 is 0 Å². The molecule has 0 spiro atoms. The van der Waals surface area contributed by atoms with E-state index in [4.69, 9.17) is 9.47 Å². The highest BCUT2D eigenvalue weighted by atomic mass is 19.4. The first-order valence-electron chi connectivity index (χ1n) is 16.1. The van der Waals surface area contributed by atoms with Crippen molar-refractivity contribution in [2.75, 3.05) is 6.61 Å². The molecule has 0 amide bonds. The van der Waals surface area contributed by atoms with Gasteiger partial charge in [0.25, 0.3) is 0 Å². The van der Waals surface area contributed by atoms with Crippen LogP contribution in [0.3, 0.4) is 0 Å². The minimum atomic E-state index is -4.60. The fraction of sp³-hybridized carbons (Fsp3) is 0.486. The van der Waals surface area contributed by atoms with Crippen LogP contribution in [0.5, 0.6) is 5.75 Å². The van der Waals surface area contributed by atoms with Gasteiger partial charge in [-0.2, -0.15) is 13.2 Å². The molecule has 0 saturated carbocycles. The van der Waals surface area contributed by atoms with E-state index in [0.717, 1.165) is 47.9 Å². The average molecular weight is 615 g/mol. The number of esters is 1. The Morgan fingerprint density at radius 2 is 1.14 bits per heavy atom. The lowest BCUT2D eigenvalue weighted by molar-refractivity contribution is -0.206. The van der Waals surface area contributed by atoms with E-state index in [1.54, 1.807) is 18.2 Å². The van der Waals surface area contributed by atoms with E-state index in [2.05, 4.69) is 6.92 Å². The molecule has 0 radical (unpaired) electrons. The second kappa shape index (κ2) is 18.5. The molecule has 0 aliphatic carbocycles. The van der Waals surface area contributed by atoms with E-state index in [9.17, 15) is 22.4 Å². The highest BCUT2D eigenvalue weighted by Crippen LogP contribution is 2.30. The molecule has 3 aromatic carbocycles. The Labute approximate surface area is 260 Å². The van der Waals surface area contributed by atoms with Crippen molar-refractivity contribution in [3.8, 4) is 28.0 Å². The van der Waals surface area contributed by atoms with Crippen LogP contribution in [0.25, 0.3) is 22.3 Å². The summed E-state index contributed by atoms with van der Waals surface area (Å²) in [6.07, 6.45) is 5.37. The summed E-state index contributed by atoms with van der Waals surface area (Å²) in [5.41, 5.74) is 3.26.